The molecule has 7 nitrogen and oxygen atoms in total. The number of hydrogen-bond donors (Lipinski definition) is 1. The fraction of sp³-hybridized carbons (Fsp3) is 0.519. The van der Waals surface area contributed by atoms with E-state index >= 15 is 0 Å². The van der Waals surface area contributed by atoms with Crippen molar-refractivity contribution in [1.29, 1.82) is 0 Å². The number of aliphatic imine (C=N–C) groups is 1. The van der Waals surface area contributed by atoms with E-state index in [1.807, 2.05) is 57.2 Å². The molecule has 1 spiro atoms. The van der Waals surface area contributed by atoms with Gasteiger partial charge in [0.05, 0.1) is 25.0 Å². The first-order chi connectivity index (χ1) is 16.2. The maximum atomic E-state index is 13.1. The smallest absolute Gasteiger partial charge is 0.408 e. The zero-order valence-corrected chi connectivity index (χ0v) is 20.4. The van der Waals surface area contributed by atoms with E-state index in [0.29, 0.717) is 30.9 Å². The van der Waals surface area contributed by atoms with Crippen LogP contribution in [0, 0.1) is 11.8 Å². The zero-order valence-electron chi connectivity index (χ0n) is 20.4. The van der Waals surface area contributed by atoms with Crippen LogP contribution >= 0.6 is 0 Å². The van der Waals surface area contributed by atoms with Crippen molar-refractivity contribution in [1.82, 2.24) is 5.32 Å². The van der Waals surface area contributed by atoms with Crippen molar-refractivity contribution >= 4 is 17.7 Å². The molecular formula is C27H34N2O5. The van der Waals surface area contributed by atoms with Crippen LogP contribution in [0.15, 0.2) is 59.1 Å². The summed E-state index contributed by atoms with van der Waals surface area (Å²) in [4.78, 5) is 30.3. The van der Waals surface area contributed by atoms with Crippen molar-refractivity contribution in [3.8, 4) is 0 Å². The molecule has 1 aromatic rings. The van der Waals surface area contributed by atoms with Gasteiger partial charge in [-0.2, -0.15) is 0 Å². The van der Waals surface area contributed by atoms with E-state index in [1.54, 1.807) is 12.1 Å². The van der Waals surface area contributed by atoms with Gasteiger partial charge in [-0.3, -0.25) is 4.79 Å². The molecule has 34 heavy (non-hydrogen) atoms. The van der Waals surface area contributed by atoms with Gasteiger partial charge < -0.3 is 19.5 Å². The molecule has 1 heterocycles. The first kappa shape index (κ1) is 24.4. The minimum Gasteiger partial charge on any atom is -0.444 e. The van der Waals surface area contributed by atoms with Crippen molar-refractivity contribution in [2.24, 2.45) is 16.8 Å². The average Bonchev–Trinajstić information content (AvgIpc) is 3.27. The Balaban J connectivity index is 1.76. The lowest BCUT2D eigenvalue weighted by Gasteiger charge is -2.48. The van der Waals surface area contributed by atoms with Gasteiger partial charge in [0.15, 0.2) is 5.79 Å². The molecule has 0 unspecified atom stereocenters. The van der Waals surface area contributed by atoms with Gasteiger partial charge in [0.25, 0.3) is 5.91 Å². The van der Waals surface area contributed by atoms with E-state index in [1.165, 1.54) is 0 Å². The fourth-order valence-corrected chi connectivity index (χ4v) is 5.08. The van der Waals surface area contributed by atoms with Crippen LogP contribution in [0.4, 0.5) is 4.79 Å². The topological polar surface area (TPSA) is 86.2 Å². The van der Waals surface area contributed by atoms with E-state index in [9.17, 15) is 9.59 Å². The largest absolute Gasteiger partial charge is 0.444 e. The van der Waals surface area contributed by atoms with E-state index < -0.39 is 23.5 Å². The highest BCUT2D eigenvalue weighted by molar-refractivity contribution is 6.10. The number of ether oxygens (including phenoxy) is 3. The highest BCUT2D eigenvalue weighted by atomic mass is 16.7. The third-order valence-corrected chi connectivity index (χ3v) is 6.32. The lowest BCUT2D eigenvalue weighted by Crippen LogP contribution is -2.57. The molecule has 182 valence electrons. The number of rotatable bonds is 4. The molecule has 0 saturated carbocycles. The maximum Gasteiger partial charge on any atom is 0.408 e. The van der Waals surface area contributed by atoms with Gasteiger partial charge in [0.2, 0.25) is 0 Å². The molecule has 0 radical (unpaired) electrons. The normalized spacial score (nSPS) is 26.8. The van der Waals surface area contributed by atoms with Crippen LogP contribution in [0.2, 0.25) is 0 Å². The van der Waals surface area contributed by atoms with Gasteiger partial charge in [-0.25, -0.2) is 9.79 Å². The maximum absolute atomic E-state index is 13.1. The first-order valence-corrected chi connectivity index (χ1v) is 12.1. The van der Waals surface area contributed by atoms with Crippen LogP contribution < -0.4 is 5.32 Å². The zero-order chi connectivity index (χ0) is 24.3. The number of benzene rings is 1. The summed E-state index contributed by atoms with van der Waals surface area (Å²) in [5.41, 5.74) is 1.53. The number of amides is 2. The Bertz CT molecular complexity index is 1000. The Hall–Kier alpha value is -2.77. The van der Waals surface area contributed by atoms with Crippen LogP contribution in [0.1, 0.15) is 57.3 Å². The molecule has 0 bridgehead atoms. The highest BCUT2D eigenvalue weighted by Gasteiger charge is 2.56. The minimum absolute atomic E-state index is 0.131. The van der Waals surface area contributed by atoms with Crippen LogP contribution in [0.5, 0.6) is 0 Å². The van der Waals surface area contributed by atoms with Gasteiger partial charge in [-0.05, 0) is 57.4 Å². The fourth-order valence-electron chi connectivity index (χ4n) is 5.08. The van der Waals surface area contributed by atoms with Crippen LogP contribution in [0.25, 0.3) is 0 Å². The predicted molar refractivity (Wildman–Crippen MR) is 130 cm³/mol. The van der Waals surface area contributed by atoms with Gasteiger partial charge in [-0.15, -0.1) is 0 Å². The van der Waals surface area contributed by atoms with Crippen molar-refractivity contribution < 1.29 is 23.8 Å². The van der Waals surface area contributed by atoms with Crippen LogP contribution in [-0.4, -0.2) is 48.4 Å². The molecular weight excluding hydrogens is 432 g/mol. The van der Waals surface area contributed by atoms with Gasteiger partial charge in [-0.1, -0.05) is 43.7 Å². The van der Waals surface area contributed by atoms with Crippen LogP contribution in [-0.2, 0) is 14.2 Å². The molecule has 3 aliphatic rings. The number of hydrogen-bond acceptors (Lipinski definition) is 5. The number of alkyl carbamates (subject to hydrolysis) is 1. The number of carbonyl (C=O) groups excluding carboxylic acids is 2. The first-order valence-electron chi connectivity index (χ1n) is 12.1. The monoisotopic (exact) mass is 466 g/mol. The minimum atomic E-state index is -0.867. The standard InChI is InChI=1S/C27H34N2O5/c1-5-10-19-17-22(28-24(30)18-11-7-6-8-12-18)23-20(27(19)32-15-16-33-27)13-9-14-21(23)29-25(31)34-26(2,3)4/h6-9,11-12,14,17,20-21,23H,5,10,13,15-16H2,1-4H3,(H,29,31)/t20-,21+,23-/m0/s1. The SMILES string of the molecule is CCCC1=CC(=NC(=O)c2ccccc2)[C@@H]2[C@H](NC(=O)OC(C)(C)C)C=CC[C@@H]2C12OCCO2. The van der Waals surface area contributed by atoms with Crippen molar-refractivity contribution in [2.75, 3.05) is 13.2 Å². The summed E-state index contributed by atoms with van der Waals surface area (Å²) in [5.74, 6) is -1.61. The number of fused-ring (bicyclic) bond motifs is 2. The second kappa shape index (κ2) is 9.84. The summed E-state index contributed by atoms with van der Waals surface area (Å²) < 4.78 is 18.1. The summed E-state index contributed by atoms with van der Waals surface area (Å²) in [6.45, 7) is 8.60. The molecule has 2 aliphatic carbocycles. The quantitative estimate of drug-likeness (QED) is 0.642. The second-order valence-electron chi connectivity index (χ2n) is 9.96. The summed E-state index contributed by atoms with van der Waals surface area (Å²) in [6, 6.07) is 8.60. The molecule has 1 aliphatic heterocycles. The highest BCUT2D eigenvalue weighted by Crippen LogP contribution is 2.49. The second-order valence-corrected chi connectivity index (χ2v) is 9.96. The summed E-state index contributed by atoms with van der Waals surface area (Å²) in [7, 11) is 0. The van der Waals surface area contributed by atoms with Crippen LogP contribution in [0.3, 0.4) is 0 Å². The summed E-state index contributed by atoms with van der Waals surface area (Å²) >= 11 is 0. The van der Waals surface area contributed by atoms with Gasteiger partial charge in [0, 0.05) is 17.4 Å². The molecule has 3 atom stereocenters. The van der Waals surface area contributed by atoms with Gasteiger partial charge in [0.1, 0.15) is 5.60 Å². The van der Waals surface area contributed by atoms with E-state index in [0.717, 1.165) is 18.4 Å². The van der Waals surface area contributed by atoms with Crippen molar-refractivity contribution in [2.45, 2.75) is 64.4 Å². The van der Waals surface area contributed by atoms with E-state index in [-0.39, 0.29) is 17.7 Å². The molecule has 4 rings (SSSR count). The molecule has 0 aromatic heterocycles. The Kier molecular flexibility index (Phi) is 7.05. The number of nitrogens with zero attached hydrogens (tertiary/aromatic N) is 1. The Morgan fingerprint density at radius 2 is 1.88 bits per heavy atom. The number of nitrogens with one attached hydrogen (secondary N) is 1. The molecule has 2 amide bonds. The summed E-state index contributed by atoms with van der Waals surface area (Å²) in [6.07, 6.45) is 7.82. The van der Waals surface area contributed by atoms with Crippen molar-refractivity contribution in [3.05, 3.63) is 59.7 Å². The summed E-state index contributed by atoms with van der Waals surface area (Å²) in [5, 5.41) is 2.99. The Morgan fingerprint density at radius 3 is 2.53 bits per heavy atom. The number of carbonyl (C=O) groups is 2. The Morgan fingerprint density at radius 1 is 1.18 bits per heavy atom. The number of allylic oxidation sites excluding steroid dienone is 2. The molecule has 1 saturated heterocycles. The molecule has 1 aromatic carbocycles. The van der Waals surface area contributed by atoms with E-state index in [4.69, 9.17) is 14.2 Å². The lowest BCUT2D eigenvalue weighted by atomic mass is 9.66. The van der Waals surface area contributed by atoms with E-state index in [2.05, 4.69) is 17.2 Å². The lowest BCUT2D eigenvalue weighted by molar-refractivity contribution is -0.178. The molecule has 1 N–H and O–H groups in total. The molecule has 1 fully saturated rings. The predicted octanol–water partition coefficient (Wildman–Crippen LogP) is 4.84. The third kappa shape index (κ3) is 5.00. The van der Waals surface area contributed by atoms with Gasteiger partial charge >= 0.3 is 6.09 Å². The average molecular weight is 467 g/mol. The Labute approximate surface area is 201 Å². The van der Waals surface area contributed by atoms with Crippen molar-refractivity contribution in [3.63, 3.8) is 0 Å². The molecule has 7 heteroatoms. The third-order valence-electron chi connectivity index (χ3n) is 6.32.